The maximum absolute atomic E-state index is 13.5. The van der Waals surface area contributed by atoms with E-state index in [-0.39, 0.29) is 10.7 Å². The van der Waals surface area contributed by atoms with Crippen molar-refractivity contribution in [2.24, 2.45) is 4.99 Å². The number of sulfonamides is 1. The fourth-order valence-corrected chi connectivity index (χ4v) is 5.25. The molecule has 0 unspecified atom stereocenters. The molecular formula is C19H17Cl3N2O4S. The number of carbonyl (C=O) groups excluding carboxylic acids is 1. The molecule has 1 aliphatic rings. The Morgan fingerprint density at radius 3 is 2.17 bits per heavy atom. The molecule has 0 fully saturated rings. The van der Waals surface area contributed by atoms with Gasteiger partial charge in [0.2, 0.25) is 3.79 Å². The number of rotatable bonds is 4. The highest BCUT2D eigenvalue weighted by atomic mass is 35.6. The second kappa shape index (κ2) is 8.14. The molecule has 154 valence electrons. The van der Waals surface area contributed by atoms with Gasteiger partial charge in [-0.2, -0.15) is 0 Å². The van der Waals surface area contributed by atoms with E-state index in [0.717, 1.165) is 17.0 Å². The predicted octanol–water partition coefficient (Wildman–Crippen LogP) is 4.05. The molecule has 0 amide bonds. The van der Waals surface area contributed by atoms with E-state index in [4.69, 9.17) is 39.5 Å². The van der Waals surface area contributed by atoms with Crippen molar-refractivity contribution in [3.63, 3.8) is 0 Å². The predicted molar refractivity (Wildman–Crippen MR) is 113 cm³/mol. The van der Waals surface area contributed by atoms with Crippen LogP contribution in [0.5, 0.6) is 0 Å². The molecule has 0 N–H and O–H groups in total. The Morgan fingerprint density at radius 1 is 1.07 bits per heavy atom. The van der Waals surface area contributed by atoms with Gasteiger partial charge in [-0.15, -0.1) is 0 Å². The van der Waals surface area contributed by atoms with Crippen molar-refractivity contribution in [2.75, 3.05) is 7.11 Å². The second-order valence-corrected chi connectivity index (χ2v) is 10.5. The van der Waals surface area contributed by atoms with E-state index in [0.29, 0.717) is 5.56 Å². The molecule has 29 heavy (non-hydrogen) atoms. The summed E-state index contributed by atoms with van der Waals surface area (Å²) in [5.41, 5.74) is 1.45. The summed E-state index contributed by atoms with van der Waals surface area (Å²) < 4.78 is 30.4. The summed E-state index contributed by atoms with van der Waals surface area (Å²) in [6, 6.07) is 12.5. The third-order valence-corrected chi connectivity index (χ3v) is 6.73. The summed E-state index contributed by atoms with van der Waals surface area (Å²) in [4.78, 5) is 17.0. The van der Waals surface area contributed by atoms with Crippen molar-refractivity contribution in [2.45, 2.75) is 27.7 Å². The number of methoxy groups -OCH3 is 1. The molecular weight excluding hydrogens is 459 g/mol. The van der Waals surface area contributed by atoms with Gasteiger partial charge < -0.3 is 4.74 Å². The maximum atomic E-state index is 13.5. The first-order chi connectivity index (χ1) is 13.6. The molecule has 2 atom stereocenters. The molecule has 1 aliphatic heterocycles. The maximum Gasteiger partial charge on any atom is 0.332 e. The minimum absolute atomic E-state index is 0.0623. The van der Waals surface area contributed by atoms with Crippen LogP contribution in [-0.2, 0) is 19.6 Å². The molecule has 6 nitrogen and oxygen atoms in total. The Hall–Kier alpha value is -1.80. The lowest BCUT2D eigenvalue weighted by Gasteiger charge is -2.29. The summed E-state index contributed by atoms with van der Waals surface area (Å²) in [5, 5.41) is 0. The van der Waals surface area contributed by atoms with Crippen molar-refractivity contribution in [1.82, 2.24) is 4.31 Å². The van der Waals surface area contributed by atoms with Gasteiger partial charge in [-0.05, 0) is 24.6 Å². The summed E-state index contributed by atoms with van der Waals surface area (Å²) in [5.74, 6) is -1.19. The second-order valence-electron chi connectivity index (χ2n) is 6.39. The molecule has 2 aromatic carbocycles. The highest BCUT2D eigenvalue weighted by Gasteiger charge is 2.54. The van der Waals surface area contributed by atoms with Gasteiger partial charge in [-0.3, -0.25) is 4.99 Å². The zero-order valence-corrected chi connectivity index (χ0v) is 18.5. The number of nitrogens with zero attached hydrogens (tertiary/aromatic N) is 2. The summed E-state index contributed by atoms with van der Waals surface area (Å²) in [6.07, 6.45) is 0. The first kappa shape index (κ1) is 21.9. The molecule has 0 saturated heterocycles. The van der Waals surface area contributed by atoms with Crippen LogP contribution < -0.4 is 0 Å². The Balaban J connectivity index is 2.22. The van der Waals surface area contributed by atoms with Crippen LogP contribution in [0.25, 0.3) is 0 Å². The van der Waals surface area contributed by atoms with E-state index >= 15 is 0 Å². The number of halogens is 3. The molecule has 0 radical (unpaired) electrons. The van der Waals surface area contributed by atoms with Gasteiger partial charge in [0.25, 0.3) is 10.0 Å². The average Bonchev–Trinajstić information content (AvgIpc) is 3.10. The number of amidine groups is 1. The fourth-order valence-electron chi connectivity index (χ4n) is 3.06. The number of carbonyl (C=O) groups is 1. The largest absolute Gasteiger partial charge is 0.467 e. The van der Waals surface area contributed by atoms with Crippen molar-refractivity contribution in [3.8, 4) is 0 Å². The molecule has 0 aromatic heterocycles. The summed E-state index contributed by atoms with van der Waals surface area (Å²) >= 11 is 18.2. The van der Waals surface area contributed by atoms with Crippen LogP contribution in [-0.4, -0.2) is 41.5 Å². The van der Waals surface area contributed by atoms with Gasteiger partial charge in [-0.1, -0.05) is 82.8 Å². The lowest BCUT2D eigenvalue weighted by atomic mass is 10.0. The molecule has 2 aromatic rings. The minimum Gasteiger partial charge on any atom is -0.467 e. The van der Waals surface area contributed by atoms with E-state index in [1.165, 1.54) is 12.1 Å². The Labute approximate surface area is 184 Å². The van der Waals surface area contributed by atoms with Crippen LogP contribution in [0.3, 0.4) is 0 Å². The SMILES string of the molecule is COC(=O)[C@@H]1[C@@H](c2ccccc2)N=C(C(Cl)(Cl)Cl)N1S(=O)(=O)c1ccc(C)cc1. The number of hydrogen-bond donors (Lipinski definition) is 0. The molecule has 3 rings (SSSR count). The summed E-state index contributed by atoms with van der Waals surface area (Å²) in [7, 11) is -3.12. The van der Waals surface area contributed by atoms with E-state index < -0.39 is 31.9 Å². The van der Waals surface area contributed by atoms with Gasteiger partial charge >= 0.3 is 5.97 Å². The number of aryl methyl sites for hydroxylation is 1. The highest BCUT2D eigenvalue weighted by molar-refractivity contribution is 7.89. The monoisotopic (exact) mass is 474 g/mol. The number of ether oxygens (including phenoxy) is 1. The van der Waals surface area contributed by atoms with Crippen LogP contribution in [0.15, 0.2) is 64.5 Å². The Kier molecular flexibility index (Phi) is 6.15. The quantitative estimate of drug-likeness (QED) is 0.494. The van der Waals surface area contributed by atoms with Crippen LogP contribution in [0.1, 0.15) is 17.2 Å². The van der Waals surface area contributed by atoms with Crippen LogP contribution in [0, 0.1) is 6.92 Å². The normalized spacial score (nSPS) is 19.8. The van der Waals surface area contributed by atoms with Crippen LogP contribution in [0.4, 0.5) is 0 Å². The lowest BCUT2D eigenvalue weighted by Crippen LogP contribution is -2.50. The van der Waals surface area contributed by atoms with E-state index in [1.807, 2.05) is 6.92 Å². The van der Waals surface area contributed by atoms with Crippen LogP contribution in [0.2, 0.25) is 0 Å². The van der Waals surface area contributed by atoms with Crippen molar-refractivity contribution < 1.29 is 17.9 Å². The van der Waals surface area contributed by atoms with Gasteiger partial charge in [0, 0.05) is 0 Å². The van der Waals surface area contributed by atoms with Crippen LogP contribution >= 0.6 is 34.8 Å². The topological polar surface area (TPSA) is 76.0 Å². The molecule has 0 saturated carbocycles. The molecule has 0 aliphatic carbocycles. The summed E-state index contributed by atoms with van der Waals surface area (Å²) in [6.45, 7) is 1.82. The van der Waals surface area contributed by atoms with Gasteiger partial charge in [-0.25, -0.2) is 17.5 Å². The third kappa shape index (κ3) is 4.23. The molecule has 0 spiro atoms. The number of alkyl halides is 3. The Morgan fingerprint density at radius 2 is 1.66 bits per heavy atom. The number of esters is 1. The highest BCUT2D eigenvalue weighted by Crippen LogP contribution is 2.43. The molecule has 1 heterocycles. The standard InChI is InChI=1S/C19H17Cl3N2O4S/c1-12-8-10-14(11-9-12)29(26,27)24-16(17(25)28-2)15(13-6-4-3-5-7-13)23-18(24)19(20,21)22/h3-11,15-16H,1-2H3/t15-,16+/m1/s1. The van der Waals surface area contributed by atoms with E-state index in [9.17, 15) is 13.2 Å². The van der Waals surface area contributed by atoms with Crippen molar-refractivity contribution in [3.05, 3.63) is 65.7 Å². The van der Waals surface area contributed by atoms with Crippen molar-refractivity contribution in [1.29, 1.82) is 0 Å². The smallest absolute Gasteiger partial charge is 0.332 e. The first-order valence-electron chi connectivity index (χ1n) is 8.46. The zero-order valence-electron chi connectivity index (χ0n) is 15.4. The molecule has 10 heteroatoms. The number of aliphatic imine (C=N–C) groups is 1. The number of hydrogen-bond acceptors (Lipinski definition) is 5. The number of benzene rings is 2. The fraction of sp³-hybridized carbons (Fsp3) is 0.263. The van der Waals surface area contributed by atoms with Gasteiger partial charge in [0.1, 0.15) is 6.04 Å². The zero-order chi connectivity index (χ0) is 21.4. The first-order valence-corrected chi connectivity index (χ1v) is 11.0. The molecule has 0 bridgehead atoms. The third-order valence-electron chi connectivity index (χ3n) is 4.44. The van der Waals surface area contributed by atoms with Crippen molar-refractivity contribution >= 4 is 56.6 Å². The van der Waals surface area contributed by atoms with Gasteiger partial charge in [0.05, 0.1) is 12.0 Å². The Bertz CT molecular complexity index is 1040. The van der Waals surface area contributed by atoms with E-state index in [1.54, 1.807) is 42.5 Å². The minimum atomic E-state index is -4.28. The lowest BCUT2D eigenvalue weighted by molar-refractivity contribution is -0.144. The van der Waals surface area contributed by atoms with Gasteiger partial charge in [0.15, 0.2) is 11.9 Å². The van der Waals surface area contributed by atoms with E-state index in [2.05, 4.69) is 4.99 Å². The average molecular weight is 476 g/mol.